The average molecular weight is 355 g/mol. The Kier molecular flexibility index (Phi) is 5.11. The second-order valence-corrected chi connectivity index (χ2v) is 7.29. The van der Waals surface area contributed by atoms with E-state index < -0.39 is 5.97 Å². The van der Waals surface area contributed by atoms with Crippen LogP contribution in [0, 0.1) is 26.7 Å². The molecule has 0 spiro atoms. The van der Waals surface area contributed by atoms with Crippen molar-refractivity contribution in [1.82, 2.24) is 15.1 Å². The number of hydrogen-bond acceptors (Lipinski definition) is 3. The number of aryl methyl sites for hydroxylation is 3. The summed E-state index contributed by atoms with van der Waals surface area (Å²) in [7, 11) is 0. The van der Waals surface area contributed by atoms with Crippen LogP contribution in [0.25, 0.3) is 5.69 Å². The third-order valence-corrected chi connectivity index (χ3v) is 4.98. The molecule has 1 heterocycles. The van der Waals surface area contributed by atoms with E-state index in [1.807, 2.05) is 32.9 Å². The molecule has 2 aromatic rings. The molecular formula is C20H25N3O3. The van der Waals surface area contributed by atoms with E-state index in [0.717, 1.165) is 22.5 Å². The molecule has 0 unspecified atom stereocenters. The fourth-order valence-electron chi connectivity index (χ4n) is 3.66. The van der Waals surface area contributed by atoms with Gasteiger partial charge < -0.3 is 10.4 Å². The lowest BCUT2D eigenvalue weighted by molar-refractivity contribution is -0.142. The molecule has 1 aromatic heterocycles. The zero-order valence-corrected chi connectivity index (χ0v) is 15.5. The zero-order chi connectivity index (χ0) is 18.8. The van der Waals surface area contributed by atoms with Crippen molar-refractivity contribution in [2.24, 2.45) is 5.92 Å². The summed E-state index contributed by atoms with van der Waals surface area (Å²) in [6.07, 6.45) is 2.60. The second kappa shape index (κ2) is 7.32. The van der Waals surface area contributed by atoms with Crippen molar-refractivity contribution in [3.8, 4) is 5.69 Å². The minimum atomic E-state index is -0.738. The average Bonchev–Trinajstić information content (AvgIpc) is 2.96. The van der Waals surface area contributed by atoms with Gasteiger partial charge in [-0.05, 0) is 75.8 Å². The van der Waals surface area contributed by atoms with Gasteiger partial charge in [0.15, 0.2) is 5.69 Å². The Bertz CT molecular complexity index is 813. The lowest BCUT2D eigenvalue weighted by Crippen LogP contribution is -2.38. The predicted molar refractivity (Wildman–Crippen MR) is 98.6 cm³/mol. The Labute approximate surface area is 153 Å². The molecule has 0 atom stereocenters. The number of carboxylic acids is 1. The van der Waals surface area contributed by atoms with E-state index in [1.54, 1.807) is 10.7 Å². The van der Waals surface area contributed by atoms with Gasteiger partial charge >= 0.3 is 5.97 Å². The highest BCUT2D eigenvalue weighted by Crippen LogP contribution is 2.24. The van der Waals surface area contributed by atoms with Crippen molar-refractivity contribution in [1.29, 1.82) is 0 Å². The number of rotatable bonds is 4. The maximum absolute atomic E-state index is 12.6. The Morgan fingerprint density at radius 3 is 2.23 bits per heavy atom. The molecule has 1 aliphatic rings. The molecule has 3 rings (SSSR count). The summed E-state index contributed by atoms with van der Waals surface area (Å²) >= 11 is 0. The number of hydrogen-bond donors (Lipinski definition) is 2. The first-order valence-corrected chi connectivity index (χ1v) is 9.02. The fraction of sp³-hybridized carbons (Fsp3) is 0.450. The first-order valence-electron chi connectivity index (χ1n) is 9.02. The summed E-state index contributed by atoms with van der Waals surface area (Å²) < 4.78 is 1.79. The van der Waals surface area contributed by atoms with Crippen molar-refractivity contribution >= 4 is 11.9 Å². The second-order valence-electron chi connectivity index (χ2n) is 7.29. The highest BCUT2D eigenvalue weighted by Gasteiger charge is 2.27. The minimum Gasteiger partial charge on any atom is -0.481 e. The molecule has 6 heteroatoms. The van der Waals surface area contributed by atoms with Crippen LogP contribution in [-0.2, 0) is 4.79 Å². The Morgan fingerprint density at radius 2 is 1.65 bits per heavy atom. The predicted octanol–water partition coefficient (Wildman–Crippen LogP) is 3.17. The number of nitrogens with one attached hydrogen (secondary N) is 1. The first-order chi connectivity index (χ1) is 12.3. The van der Waals surface area contributed by atoms with Gasteiger partial charge in [-0.1, -0.05) is 6.07 Å². The highest BCUT2D eigenvalue weighted by molar-refractivity contribution is 5.92. The van der Waals surface area contributed by atoms with E-state index in [9.17, 15) is 9.59 Å². The van der Waals surface area contributed by atoms with Crippen LogP contribution in [0.2, 0.25) is 0 Å². The van der Waals surface area contributed by atoms with Gasteiger partial charge in [-0.2, -0.15) is 5.10 Å². The van der Waals surface area contributed by atoms with E-state index >= 15 is 0 Å². The number of amides is 1. The number of benzene rings is 1. The molecule has 0 radical (unpaired) electrons. The highest BCUT2D eigenvalue weighted by atomic mass is 16.4. The van der Waals surface area contributed by atoms with Gasteiger partial charge in [0.1, 0.15) is 0 Å². The summed E-state index contributed by atoms with van der Waals surface area (Å²) in [5, 5.41) is 16.5. The lowest BCUT2D eigenvalue weighted by Gasteiger charge is -2.26. The van der Waals surface area contributed by atoms with Crippen molar-refractivity contribution < 1.29 is 14.7 Å². The van der Waals surface area contributed by atoms with Gasteiger partial charge in [0.2, 0.25) is 0 Å². The zero-order valence-electron chi connectivity index (χ0n) is 15.5. The van der Waals surface area contributed by atoms with Crippen molar-refractivity contribution in [3.63, 3.8) is 0 Å². The van der Waals surface area contributed by atoms with E-state index in [1.165, 1.54) is 0 Å². The Hall–Kier alpha value is -2.63. The number of carbonyl (C=O) groups is 2. The molecule has 26 heavy (non-hydrogen) atoms. The number of aliphatic carboxylic acids is 1. The molecule has 6 nitrogen and oxygen atoms in total. The summed E-state index contributed by atoms with van der Waals surface area (Å²) in [5.74, 6) is -1.22. The first kappa shape index (κ1) is 18.2. The van der Waals surface area contributed by atoms with Crippen LogP contribution in [-0.4, -0.2) is 32.8 Å². The third kappa shape index (κ3) is 3.95. The monoisotopic (exact) mass is 355 g/mol. The molecule has 138 valence electrons. The summed E-state index contributed by atoms with van der Waals surface area (Å²) in [5.41, 5.74) is 4.53. The van der Waals surface area contributed by atoms with E-state index in [0.29, 0.717) is 31.4 Å². The van der Waals surface area contributed by atoms with E-state index in [-0.39, 0.29) is 17.9 Å². The Morgan fingerprint density at radius 1 is 1.04 bits per heavy atom. The quantitative estimate of drug-likeness (QED) is 0.882. The number of nitrogens with zero attached hydrogens (tertiary/aromatic N) is 2. The van der Waals surface area contributed by atoms with Crippen LogP contribution in [0.3, 0.4) is 0 Å². The van der Waals surface area contributed by atoms with Crippen LogP contribution in [0.1, 0.15) is 53.0 Å². The molecule has 2 N–H and O–H groups in total. The number of carbonyl (C=O) groups excluding carboxylic acids is 1. The molecule has 1 aromatic carbocycles. The van der Waals surface area contributed by atoms with Crippen LogP contribution >= 0.6 is 0 Å². The fourth-order valence-corrected chi connectivity index (χ4v) is 3.66. The normalized spacial score (nSPS) is 20.0. The van der Waals surface area contributed by atoms with Gasteiger partial charge in [-0.3, -0.25) is 9.59 Å². The smallest absolute Gasteiger partial charge is 0.306 e. The largest absolute Gasteiger partial charge is 0.481 e. The molecular weight excluding hydrogens is 330 g/mol. The minimum absolute atomic E-state index is 0.0183. The lowest BCUT2D eigenvalue weighted by atomic mass is 9.86. The van der Waals surface area contributed by atoms with E-state index in [4.69, 9.17) is 5.11 Å². The molecule has 1 saturated carbocycles. The standard InChI is InChI=1S/C20H25N3O3/c1-12-8-13(2)10-17(9-12)23-14(3)11-18(22-23)19(24)21-16-6-4-15(5-7-16)20(25)26/h8-11,15-16H,4-7H2,1-3H3,(H,21,24)(H,25,26). The van der Waals surface area contributed by atoms with Crippen LogP contribution in [0.15, 0.2) is 24.3 Å². The number of carboxylic acid groups (broad SMARTS) is 1. The maximum atomic E-state index is 12.6. The van der Waals surface area contributed by atoms with Crippen molar-refractivity contribution in [2.75, 3.05) is 0 Å². The van der Waals surface area contributed by atoms with Gasteiger partial charge in [0.25, 0.3) is 5.91 Å². The van der Waals surface area contributed by atoms with Gasteiger partial charge in [0, 0.05) is 11.7 Å². The molecule has 0 aliphatic heterocycles. The maximum Gasteiger partial charge on any atom is 0.306 e. The summed E-state index contributed by atoms with van der Waals surface area (Å²) in [6.45, 7) is 6.01. The SMILES string of the molecule is Cc1cc(C)cc(-n2nc(C(=O)NC3CCC(C(=O)O)CC3)cc2C)c1. The summed E-state index contributed by atoms with van der Waals surface area (Å²) in [6, 6.07) is 7.99. The van der Waals surface area contributed by atoms with Gasteiger partial charge in [-0.25, -0.2) is 4.68 Å². The molecule has 1 amide bonds. The molecule has 1 aliphatic carbocycles. The topological polar surface area (TPSA) is 84.2 Å². The third-order valence-electron chi connectivity index (χ3n) is 4.98. The van der Waals surface area contributed by atoms with Crippen molar-refractivity contribution in [2.45, 2.75) is 52.5 Å². The van der Waals surface area contributed by atoms with Crippen LogP contribution < -0.4 is 5.32 Å². The van der Waals surface area contributed by atoms with E-state index in [2.05, 4.69) is 16.5 Å². The van der Waals surface area contributed by atoms with Crippen LogP contribution in [0.5, 0.6) is 0 Å². The molecule has 1 fully saturated rings. The summed E-state index contributed by atoms with van der Waals surface area (Å²) in [4.78, 5) is 23.6. The van der Waals surface area contributed by atoms with Gasteiger partial charge in [-0.15, -0.1) is 0 Å². The number of aromatic nitrogens is 2. The molecule has 0 bridgehead atoms. The Balaban J connectivity index is 1.70. The van der Waals surface area contributed by atoms with Crippen LogP contribution in [0.4, 0.5) is 0 Å². The molecule has 0 saturated heterocycles. The van der Waals surface area contributed by atoms with Crippen molar-refractivity contribution in [3.05, 3.63) is 46.8 Å². The van der Waals surface area contributed by atoms with Gasteiger partial charge in [0.05, 0.1) is 11.6 Å².